The molecule has 2 aromatic rings. The fraction of sp³-hybridized carbons (Fsp3) is 0.769. The van der Waals surface area contributed by atoms with E-state index in [-0.39, 0.29) is 27.9 Å². The zero-order valence-corrected chi connectivity index (χ0v) is 28.2. The molecule has 0 saturated heterocycles. The standard InChI is InChI=1S/C39H66O4/c1-3-4-5-6-7-8-9-10-11-12-13-14-15-16-17-18-19-20-21-22-23-24-25-26-27-28-29-30-34-31-36(41)38-37(43-34)32-35(40)33(2)39(38)42/h31-32,40,42H,3-30H2,1-2H3. The lowest BCUT2D eigenvalue weighted by Gasteiger charge is -2.08. The van der Waals surface area contributed by atoms with Crippen LogP contribution in [0.3, 0.4) is 0 Å². The Kier molecular flexibility index (Phi) is 21.1. The number of hydrogen-bond donors (Lipinski definition) is 2. The first-order chi connectivity index (χ1) is 21.0. The molecule has 0 aliphatic heterocycles. The molecule has 0 aliphatic rings. The molecule has 246 valence electrons. The maximum absolute atomic E-state index is 12.4. The first-order valence-corrected chi connectivity index (χ1v) is 18.5. The van der Waals surface area contributed by atoms with Gasteiger partial charge in [-0.25, -0.2) is 0 Å². The van der Waals surface area contributed by atoms with Gasteiger partial charge in [0.05, 0.1) is 0 Å². The van der Waals surface area contributed by atoms with Crippen LogP contribution in [-0.4, -0.2) is 10.2 Å². The molecule has 2 N–H and O–H groups in total. The van der Waals surface area contributed by atoms with Gasteiger partial charge in [0.1, 0.15) is 28.2 Å². The topological polar surface area (TPSA) is 70.7 Å². The molecule has 43 heavy (non-hydrogen) atoms. The predicted octanol–water partition coefficient (Wildman–Crippen LogP) is 12.6. The summed E-state index contributed by atoms with van der Waals surface area (Å²) in [5, 5.41) is 20.3. The molecule has 1 aromatic heterocycles. The van der Waals surface area contributed by atoms with Crippen LogP contribution in [0.4, 0.5) is 0 Å². The fourth-order valence-corrected chi connectivity index (χ4v) is 6.35. The summed E-state index contributed by atoms with van der Waals surface area (Å²) >= 11 is 0. The monoisotopic (exact) mass is 598 g/mol. The SMILES string of the molecule is CCCCCCCCCCCCCCCCCCCCCCCCCCCCCc1cc(=O)c2c(O)c(C)c(O)cc2o1. The van der Waals surface area contributed by atoms with E-state index in [2.05, 4.69) is 6.92 Å². The average molecular weight is 599 g/mol. The van der Waals surface area contributed by atoms with Crippen molar-refractivity contribution in [2.24, 2.45) is 0 Å². The van der Waals surface area contributed by atoms with E-state index in [0.717, 1.165) is 12.8 Å². The Hall–Kier alpha value is -1.97. The minimum Gasteiger partial charge on any atom is -0.507 e. The molecule has 1 heterocycles. The van der Waals surface area contributed by atoms with Gasteiger partial charge in [-0.3, -0.25) is 4.79 Å². The van der Waals surface area contributed by atoms with Gasteiger partial charge in [-0.05, 0) is 13.3 Å². The smallest absolute Gasteiger partial charge is 0.196 e. The number of hydrogen-bond acceptors (Lipinski definition) is 4. The van der Waals surface area contributed by atoms with Crippen molar-refractivity contribution in [1.29, 1.82) is 0 Å². The van der Waals surface area contributed by atoms with Crippen molar-refractivity contribution in [3.63, 3.8) is 0 Å². The highest BCUT2D eigenvalue weighted by Crippen LogP contribution is 2.33. The minimum absolute atomic E-state index is 0.0549. The second-order valence-corrected chi connectivity index (χ2v) is 13.3. The van der Waals surface area contributed by atoms with E-state index in [1.54, 1.807) is 6.92 Å². The van der Waals surface area contributed by atoms with E-state index in [4.69, 9.17) is 4.42 Å². The van der Waals surface area contributed by atoms with E-state index >= 15 is 0 Å². The highest BCUT2D eigenvalue weighted by molar-refractivity contribution is 5.86. The number of unbranched alkanes of at least 4 members (excludes halogenated alkanes) is 26. The number of phenols is 2. The van der Waals surface area contributed by atoms with E-state index in [0.29, 0.717) is 17.7 Å². The van der Waals surface area contributed by atoms with Crippen LogP contribution in [-0.2, 0) is 6.42 Å². The number of benzene rings is 1. The lowest BCUT2D eigenvalue weighted by Crippen LogP contribution is -2.03. The van der Waals surface area contributed by atoms with Crippen LogP contribution in [0.25, 0.3) is 11.0 Å². The summed E-state index contributed by atoms with van der Waals surface area (Å²) in [5.41, 5.74) is 0.313. The van der Waals surface area contributed by atoms with E-state index in [9.17, 15) is 15.0 Å². The number of phenolic OH excluding ortho intramolecular Hbond substituents is 2. The van der Waals surface area contributed by atoms with Crippen molar-refractivity contribution in [1.82, 2.24) is 0 Å². The second kappa shape index (κ2) is 24.4. The first kappa shape index (κ1) is 37.2. The normalized spacial score (nSPS) is 11.6. The predicted molar refractivity (Wildman–Crippen MR) is 185 cm³/mol. The first-order valence-electron chi connectivity index (χ1n) is 18.5. The lowest BCUT2D eigenvalue weighted by atomic mass is 10.0. The third-order valence-corrected chi connectivity index (χ3v) is 9.30. The second-order valence-electron chi connectivity index (χ2n) is 13.3. The lowest BCUT2D eigenvalue weighted by molar-refractivity contribution is 0.442. The van der Waals surface area contributed by atoms with Gasteiger partial charge < -0.3 is 14.6 Å². The van der Waals surface area contributed by atoms with Crippen LogP contribution in [0.15, 0.2) is 21.3 Å². The van der Waals surface area contributed by atoms with Gasteiger partial charge >= 0.3 is 0 Å². The molecular weight excluding hydrogens is 532 g/mol. The Morgan fingerprint density at radius 3 is 1.26 bits per heavy atom. The quantitative estimate of drug-likeness (QED) is 0.0956. The molecule has 0 atom stereocenters. The molecule has 0 radical (unpaired) electrons. The van der Waals surface area contributed by atoms with Crippen LogP contribution in [0, 0.1) is 6.92 Å². The Morgan fingerprint density at radius 1 is 0.535 bits per heavy atom. The Morgan fingerprint density at radius 2 is 0.884 bits per heavy atom. The maximum atomic E-state index is 12.4. The zero-order valence-electron chi connectivity index (χ0n) is 28.2. The summed E-state index contributed by atoms with van der Waals surface area (Å²) in [5.74, 6) is 0.381. The molecule has 4 heteroatoms. The third-order valence-electron chi connectivity index (χ3n) is 9.30. The van der Waals surface area contributed by atoms with Crippen LogP contribution in [0.1, 0.15) is 192 Å². The van der Waals surface area contributed by atoms with Crippen molar-refractivity contribution in [3.8, 4) is 11.5 Å². The van der Waals surface area contributed by atoms with Gasteiger partial charge in [0.2, 0.25) is 0 Å². The summed E-state index contributed by atoms with van der Waals surface area (Å²) in [4.78, 5) is 12.4. The highest BCUT2D eigenvalue weighted by Gasteiger charge is 2.14. The Bertz CT molecular complexity index is 1020. The molecule has 0 aliphatic carbocycles. The number of fused-ring (bicyclic) bond motifs is 1. The number of rotatable bonds is 28. The number of aryl methyl sites for hydroxylation is 1. The summed E-state index contributed by atoms with van der Waals surface area (Å²) in [6.45, 7) is 3.88. The third kappa shape index (κ3) is 16.6. The minimum atomic E-state index is -0.248. The molecular formula is C39H66O4. The summed E-state index contributed by atoms with van der Waals surface area (Å²) in [6, 6.07) is 2.91. The zero-order chi connectivity index (χ0) is 31.0. The maximum Gasteiger partial charge on any atom is 0.196 e. The highest BCUT2D eigenvalue weighted by atomic mass is 16.3. The van der Waals surface area contributed by atoms with E-state index in [1.807, 2.05) is 0 Å². The van der Waals surface area contributed by atoms with E-state index in [1.165, 1.54) is 173 Å². The summed E-state index contributed by atoms with van der Waals surface area (Å²) in [7, 11) is 0. The molecule has 0 spiro atoms. The molecule has 0 bridgehead atoms. The Balaban J connectivity index is 1.30. The van der Waals surface area contributed by atoms with Gasteiger partial charge in [-0.1, -0.05) is 174 Å². The van der Waals surface area contributed by atoms with Gasteiger partial charge in [0.15, 0.2) is 5.43 Å². The van der Waals surface area contributed by atoms with Crippen molar-refractivity contribution in [2.75, 3.05) is 0 Å². The van der Waals surface area contributed by atoms with Gasteiger partial charge in [-0.2, -0.15) is 0 Å². The van der Waals surface area contributed by atoms with Gasteiger partial charge in [0.25, 0.3) is 0 Å². The largest absolute Gasteiger partial charge is 0.507 e. The van der Waals surface area contributed by atoms with Crippen LogP contribution < -0.4 is 5.43 Å². The summed E-state index contributed by atoms with van der Waals surface area (Å²) < 4.78 is 5.80. The van der Waals surface area contributed by atoms with Crippen molar-refractivity contribution in [2.45, 2.75) is 194 Å². The van der Waals surface area contributed by atoms with Crippen molar-refractivity contribution in [3.05, 3.63) is 33.7 Å². The molecule has 0 amide bonds. The van der Waals surface area contributed by atoms with Crippen LogP contribution >= 0.6 is 0 Å². The van der Waals surface area contributed by atoms with Gasteiger partial charge in [-0.15, -0.1) is 0 Å². The molecule has 2 rings (SSSR count). The van der Waals surface area contributed by atoms with Crippen LogP contribution in [0.2, 0.25) is 0 Å². The molecule has 0 saturated carbocycles. The molecule has 0 fully saturated rings. The number of aromatic hydroxyl groups is 2. The molecule has 0 unspecified atom stereocenters. The van der Waals surface area contributed by atoms with E-state index < -0.39 is 0 Å². The summed E-state index contributed by atoms with van der Waals surface area (Å²) in [6.07, 6.45) is 38.2. The van der Waals surface area contributed by atoms with Gasteiger partial charge in [0, 0.05) is 24.1 Å². The van der Waals surface area contributed by atoms with Crippen LogP contribution in [0.5, 0.6) is 11.5 Å². The average Bonchev–Trinajstić information content (AvgIpc) is 2.99. The molecule has 1 aromatic carbocycles. The van der Waals surface area contributed by atoms with Crippen molar-refractivity contribution >= 4 is 11.0 Å². The fourth-order valence-electron chi connectivity index (χ4n) is 6.35. The molecule has 4 nitrogen and oxygen atoms in total. The Labute approximate surface area is 264 Å². The van der Waals surface area contributed by atoms with Crippen molar-refractivity contribution < 1.29 is 14.6 Å².